The van der Waals surface area contributed by atoms with Crippen LogP contribution in [-0.2, 0) is 14.3 Å². The summed E-state index contributed by atoms with van der Waals surface area (Å²) in [5.74, 6) is -0.711. The molecule has 0 aliphatic carbocycles. The van der Waals surface area contributed by atoms with E-state index >= 15 is 0 Å². The Morgan fingerprint density at radius 2 is 1.85 bits per heavy atom. The van der Waals surface area contributed by atoms with Crippen LogP contribution in [0.1, 0.15) is 59.8 Å². The Morgan fingerprint density at radius 1 is 1.20 bits per heavy atom. The molecule has 4 nitrogen and oxygen atoms in total. The van der Waals surface area contributed by atoms with Crippen molar-refractivity contribution < 1.29 is 14.3 Å². The standard InChI is InChI=1S/C16H29NO3/c1-6-16(4,5)10-8-7-9-11-20-14(18)12-17-15(19)13(2)3/h2,6-12H2,1,3-5H3,(H,17,19). The van der Waals surface area contributed by atoms with E-state index in [0.29, 0.717) is 17.6 Å². The maximum atomic E-state index is 11.3. The van der Waals surface area contributed by atoms with Crippen molar-refractivity contribution in [2.45, 2.75) is 59.8 Å². The Balaban J connectivity index is 3.54. The van der Waals surface area contributed by atoms with Crippen LogP contribution in [0.4, 0.5) is 0 Å². The zero-order valence-corrected chi connectivity index (χ0v) is 13.4. The normalized spacial score (nSPS) is 11.0. The summed E-state index contributed by atoms with van der Waals surface area (Å²) in [7, 11) is 0. The van der Waals surface area contributed by atoms with E-state index in [1.54, 1.807) is 6.92 Å². The SMILES string of the molecule is C=C(C)C(=O)NCC(=O)OCCCCCC(C)(C)CC. The molecular weight excluding hydrogens is 254 g/mol. The molecular formula is C16H29NO3. The molecule has 0 saturated carbocycles. The molecule has 0 aliphatic heterocycles. The van der Waals surface area contributed by atoms with Gasteiger partial charge in [-0.25, -0.2) is 0 Å². The van der Waals surface area contributed by atoms with E-state index in [-0.39, 0.29) is 12.5 Å². The topological polar surface area (TPSA) is 55.4 Å². The molecule has 0 unspecified atom stereocenters. The minimum Gasteiger partial charge on any atom is -0.464 e. The van der Waals surface area contributed by atoms with Crippen LogP contribution < -0.4 is 5.32 Å². The molecule has 0 aromatic rings. The van der Waals surface area contributed by atoms with Crippen LogP contribution in [-0.4, -0.2) is 25.0 Å². The summed E-state index contributed by atoms with van der Waals surface area (Å²) in [4.78, 5) is 22.5. The molecule has 0 fully saturated rings. The molecule has 0 atom stereocenters. The van der Waals surface area contributed by atoms with E-state index in [1.165, 1.54) is 12.8 Å². The molecule has 0 aliphatic rings. The van der Waals surface area contributed by atoms with Crippen molar-refractivity contribution in [1.82, 2.24) is 5.32 Å². The first kappa shape index (κ1) is 18.7. The second-order valence-electron chi connectivity index (χ2n) is 6.01. The van der Waals surface area contributed by atoms with Crippen LogP contribution in [0.15, 0.2) is 12.2 Å². The summed E-state index contributed by atoms with van der Waals surface area (Å²) in [6.07, 6.45) is 5.48. The number of esters is 1. The first-order valence-electron chi connectivity index (χ1n) is 7.38. The van der Waals surface area contributed by atoms with E-state index in [4.69, 9.17) is 4.74 Å². The number of hydrogen-bond acceptors (Lipinski definition) is 3. The number of carbonyl (C=O) groups is 2. The van der Waals surface area contributed by atoms with Crippen molar-refractivity contribution in [3.05, 3.63) is 12.2 Å². The highest BCUT2D eigenvalue weighted by molar-refractivity contribution is 5.94. The third-order valence-electron chi connectivity index (χ3n) is 3.50. The second-order valence-corrected chi connectivity index (χ2v) is 6.01. The van der Waals surface area contributed by atoms with Gasteiger partial charge in [-0.05, 0) is 25.2 Å². The van der Waals surface area contributed by atoms with Gasteiger partial charge in [0.05, 0.1) is 6.61 Å². The van der Waals surface area contributed by atoms with Crippen LogP contribution in [0.5, 0.6) is 0 Å². The van der Waals surface area contributed by atoms with Gasteiger partial charge in [0.15, 0.2) is 0 Å². The largest absolute Gasteiger partial charge is 0.464 e. The predicted molar refractivity (Wildman–Crippen MR) is 81.3 cm³/mol. The van der Waals surface area contributed by atoms with Crippen LogP contribution >= 0.6 is 0 Å². The number of ether oxygens (including phenoxy) is 1. The van der Waals surface area contributed by atoms with Crippen LogP contribution in [0, 0.1) is 5.41 Å². The molecule has 1 N–H and O–H groups in total. The molecule has 0 aromatic carbocycles. The first-order valence-corrected chi connectivity index (χ1v) is 7.38. The predicted octanol–water partition coefficient (Wildman–Crippen LogP) is 3.22. The minimum atomic E-state index is -0.395. The molecule has 20 heavy (non-hydrogen) atoms. The van der Waals surface area contributed by atoms with E-state index in [0.717, 1.165) is 19.3 Å². The zero-order valence-electron chi connectivity index (χ0n) is 13.4. The van der Waals surface area contributed by atoms with Crippen molar-refractivity contribution in [1.29, 1.82) is 0 Å². The average molecular weight is 283 g/mol. The number of hydrogen-bond donors (Lipinski definition) is 1. The van der Waals surface area contributed by atoms with Gasteiger partial charge in [-0.3, -0.25) is 9.59 Å². The Kier molecular flexibility index (Phi) is 8.93. The Hall–Kier alpha value is -1.32. The van der Waals surface area contributed by atoms with Crippen molar-refractivity contribution in [3.8, 4) is 0 Å². The fourth-order valence-electron chi connectivity index (χ4n) is 1.60. The fraction of sp³-hybridized carbons (Fsp3) is 0.750. The summed E-state index contributed by atoms with van der Waals surface area (Å²) in [5.41, 5.74) is 0.792. The maximum absolute atomic E-state index is 11.3. The minimum absolute atomic E-state index is 0.0887. The summed E-state index contributed by atoms with van der Waals surface area (Å²) >= 11 is 0. The van der Waals surface area contributed by atoms with Gasteiger partial charge in [0.2, 0.25) is 5.91 Å². The molecule has 0 heterocycles. The van der Waals surface area contributed by atoms with Crippen molar-refractivity contribution in [3.63, 3.8) is 0 Å². The van der Waals surface area contributed by atoms with Gasteiger partial charge in [-0.1, -0.05) is 46.6 Å². The Bertz CT molecular complexity index is 335. The number of carbonyl (C=O) groups excluding carboxylic acids is 2. The van der Waals surface area contributed by atoms with Crippen LogP contribution in [0.3, 0.4) is 0 Å². The molecule has 0 radical (unpaired) electrons. The highest BCUT2D eigenvalue weighted by Crippen LogP contribution is 2.26. The highest BCUT2D eigenvalue weighted by Gasteiger charge is 2.13. The maximum Gasteiger partial charge on any atom is 0.325 e. The van der Waals surface area contributed by atoms with Crippen molar-refractivity contribution >= 4 is 11.9 Å². The van der Waals surface area contributed by atoms with Gasteiger partial charge in [0.1, 0.15) is 6.54 Å². The van der Waals surface area contributed by atoms with Gasteiger partial charge in [0.25, 0.3) is 0 Å². The lowest BCUT2D eigenvalue weighted by atomic mass is 9.84. The number of amides is 1. The van der Waals surface area contributed by atoms with Gasteiger partial charge in [-0.2, -0.15) is 0 Å². The Morgan fingerprint density at radius 3 is 2.40 bits per heavy atom. The van der Waals surface area contributed by atoms with E-state index in [2.05, 4.69) is 32.7 Å². The molecule has 0 rings (SSSR count). The van der Waals surface area contributed by atoms with Gasteiger partial charge >= 0.3 is 5.97 Å². The molecule has 0 bridgehead atoms. The lowest BCUT2D eigenvalue weighted by molar-refractivity contribution is -0.143. The first-order chi connectivity index (χ1) is 9.28. The Labute approximate surface area is 123 Å². The molecule has 0 saturated heterocycles. The monoisotopic (exact) mass is 283 g/mol. The molecule has 116 valence electrons. The molecule has 0 spiro atoms. The third kappa shape index (κ3) is 9.59. The summed E-state index contributed by atoms with van der Waals surface area (Å²) in [6, 6.07) is 0. The number of nitrogens with one attached hydrogen (secondary N) is 1. The number of rotatable bonds is 10. The van der Waals surface area contributed by atoms with Crippen LogP contribution in [0.2, 0.25) is 0 Å². The van der Waals surface area contributed by atoms with Crippen LogP contribution in [0.25, 0.3) is 0 Å². The zero-order chi connectivity index (χ0) is 15.6. The third-order valence-corrected chi connectivity index (χ3v) is 3.50. The lowest BCUT2D eigenvalue weighted by Crippen LogP contribution is -2.31. The summed E-state index contributed by atoms with van der Waals surface area (Å²) in [5, 5.41) is 2.45. The average Bonchev–Trinajstić information content (AvgIpc) is 2.39. The number of unbranched alkanes of at least 4 members (excludes halogenated alkanes) is 2. The van der Waals surface area contributed by atoms with Gasteiger partial charge in [-0.15, -0.1) is 0 Å². The molecule has 4 heteroatoms. The fourth-order valence-corrected chi connectivity index (χ4v) is 1.60. The molecule has 1 amide bonds. The van der Waals surface area contributed by atoms with E-state index in [9.17, 15) is 9.59 Å². The lowest BCUT2D eigenvalue weighted by Gasteiger charge is -2.22. The molecule has 0 aromatic heterocycles. The summed E-state index contributed by atoms with van der Waals surface area (Å²) < 4.78 is 5.05. The van der Waals surface area contributed by atoms with Gasteiger partial charge < -0.3 is 10.1 Å². The van der Waals surface area contributed by atoms with Crippen molar-refractivity contribution in [2.75, 3.05) is 13.2 Å². The van der Waals surface area contributed by atoms with Crippen molar-refractivity contribution in [2.24, 2.45) is 5.41 Å². The smallest absolute Gasteiger partial charge is 0.325 e. The second kappa shape index (κ2) is 9.56. The van der Waals surface area contributed by atoms with E-state index in [1.807, 2.05) is 0 Å². The summed E-state index contributed by atoms with van der Waals surface area (Å²) in [6.45, 7) is 12.2. The highest BCUT2D eigenvalue weighted by atomic mass is 16.5. The van der Waals surface area contributed by atoms with Gasteiger partial charge in [0, 0.05) is 5.57 Å². The van der Waals surface area contributed by atoms with E-state index < -0.39 is 5.97 Å². The quantitative estimate of drug-likeness (QED) is 0.380.